The molecule has 1 aliphatic heterocycles. The van der Waals surface area contributed by atoms with E-state index in [1.54, 1.807) is 12.3 Å². The molecule has 1 saturated heterocycles. The Morgan fingerprint density at radius 2 is 1.92 bits per heavy atom. The van der Waals surface area contributed by atoms with Crippen LogP contribution >= 0.6 is 11.6 Å². The predicted octanol–water partition coefficient (Wildman–Crippen LogP) is 6.51. The maximum atomic E-state index is 14.6. The lowest BCUT2D eigenvalue weighted by Crippen LogP contribution is -2.41. The second kappa shape index (κ2) is 14.1. The standard InChI is InChI=1S/C29H40ClFN6O/c1-3-12-37(13-4-2)22-7-5-21(6-8-22)35-28-16-24(25(30)19-33-28)27-10-9-26(31)29(36-27)34-18-23-15-20(17-32)11-14-38-23/h9-10,16,19-23H,3-8,11-15,18H2,1-2H3,(H,33,35)(H,34,36). The van der Waals surface area contributed by atoms with E-state index in [2.05, 4.69) is 45.4 Å². The molecule has 2 aliphatic rings. The average molecular weight is 543 g/mol. The first kappa shape index (κ1) is 28.5. The SMILES string of the molecule is CCCN(CCC)C1CCC(Nc2cc(-c3ccc(F)c(NCC4CC(C#N)CCO4)n3)c(Cl)cn2)CC1. The minimum Gasteiger partial charge on any atom is -0.376 e. The number of ether oxygens (including phenoxy) is 1. The molecule has 0 amide bonds. The van der Waals surface area contributed by atoms with E-state index in [4.69, 9.17) is 16.3 Å². The normalized spacial score (nSPS) is 23.7. The Hall–Kier alpha value is -2.47. The predicted molar refractivity (Wildman–Crippen MR) is 151 cm³/mol. The molecule has 3 heterocycles. The lowest BCUT2D eigenvalue weighted by molar-refractivity contribution is 0.0104. The Kier molecular flexibility index (Phi) is 10.6. The highest BCUT2D eigenvalue weighted by atomic mass is 35.5. The van der Waals surface area contributed by atoms with Gasteiger partial charge in [0.1, 0.15) is 5.82 Å². The third kappa shape index (κ3) is 7.56. The smallest absolute Gasteiger partial charge is 0.165 e. The molecule has 206 valence electrons. The van der Waals surface area contributed by atoms with Crippen LogP contribution in [0.1, 0.15) is 65.2 Å². The molecule has 2 fully saturated rings. The average Bonchev–Trinajstić information content (AvgIpc) is 2.94. The van der Waals surface area contributed by atoms with Crippen molar-refractivity contribution in [3.8, 4) is 17.3 Å². The first-order chi connectivity index (χ1) is 18.5. The molecule has 0 bridgehead atoms. The zero-order valence-corrected chi connectivity index (χ0v) is 23.3. The molecule has 2 atom stereocenters. The Labute approximate surface area is 231 Å². The highest BCUT2D eigenvalue weighted by Crippen LogP contribution is 2.31. The van der Waals surface area contributed by atoms with Gasteiger partial charge in [0, 0.05) is 37.0 Å². The number of pyridine rings is 2. The molecule has 4 rings (SSSR count). The van der Waals surface area contributed by atoms with Gasteiger partial charge in [-0.3, -0.25) is 0 Å². The van der Waals surface area contributed by atoms with E-state index in [1.165, 1.54) is 44.8 Å². The molecular weight excluding hydrogens is 503 g/mol. The summed E-state index contributed by atoms with van der Waals surface area (Å²) in [5.74, 6) is 0.435. The Bertz CT molecular complexity index is 1080. The van der Waals surface area contributed by atoms with Gasteiger partial charge >= 0.3 is 0 Å². The molecule has 0 spiro atoms. The van der Waals surface area contributed by atoms with Gasteiger partial charge in [0.2, 0.25) is 0 Å². The van der Waals surface area contributed by atoms with E-state index in [1.807, 2.05) is 6.07 Å². The minimum atomic E-state index is -0.443. The Morgan fingerprint density at radius 3 is 2.63 bits per heavy atom. The van der Waals surface area contributed by atoms with Crippen LogP contribution in [0.5, 0.6) is 0 Å². The van der Waals surface area contributed by atoms with Crippen molar-refractivity contribution in [1.29, 1.82) is 5.26 Å². The van der Waals surface area contributed by atoms with Crippen molar-refractivity contribution in [3.05, 3.63) is 35.2 Å². The summed E-state index contributed by atoms with van der Waals surface area (Å²) in [4.78, 5) is 11.7. The number of aromatic nitrogens is 2. The number of anilines is 2. The molecule has 9 heteroatoms. The van der Waals surface area contributed by atoms with Crippen molar-refractivity contribution < 1.29 is 9.13 Å². The largest absolute Gasteiger partial charge is 0.376 e. The molecule has 7 nitrogen and oxygen atoms in total. The molecule has 2 unspecified atom stereocenters. The Morgan fingerprint density at radius 1 is 1.16 bits per heavy atom. The summed E-state index contributed by atoms with van der Waals surface area (Å²) in [5, 5.41) is 16.3. The summed E-state index contributed by atoms with van der Waals surface area (Å²) >= 11 is 6.51. The van der Waals surface area contributed by atoms with Crippen LogP contribution in [0, 0.1) is 23.1 Å². The molecule has 2 aromatic heterocycles. The monoisotopic (exact) mass is 542 g/mol. The van der Waals surface area contributed by atoms with Crippen molar-refractivity contribution in [3.63, 3.8) is 0 Å². The van der Waals surface area contributed by atoms with Crippen LogP contribution in [0.2, 0.25) is 5.02 Å². The number of nitriles is 1. The second-order valence-corrected chi connectivity index (χ2v) is 10.9. The van der Waals surface area contributed by atoms with E-state index in [-0.39, 0.29) is 17.8 Å². The van der Waals surface area contributed by atoms with Crippen LogP contribution in [0.15, 0.2) is 24.4 Å². The maximum Gasteiger partial charge on any atom is 0.165 e. The first-order valence-electron chi connectivity index (χ1n) is 14.1. The van der Waals surface area contributed by atoms with Crippen LogP contribution in [-0.4, -0.2) is 59.3 Å². The van der Waals surface area contributed by atoms with Gasteiger partial charge in [-0.25, -0.2) is 14.4 Å². The fourth-order valence-electron chi connectivity index (χ4n) is 5.63. The van der Waals surface area contributed by atoms with Crippen LogP contribution in [-0.2, 0) is 4.74 Å². The number of halogens is 2. The quantitative estimate of drug-likeness (QED) is 0.334. The summed E-state index contributed by atoms with van der Waals surface area (Å²) in [5.41, 5.74) is 1.28. The van der Waals surface area contributed by atoms with Crippen LogP contribution in [0.4, 0.5) is 16.0 Å². The van der Waals surface area contributed by atoms with E-state index in [0.717, 1.165) is 25.1 Å². The zero-order chi connectivity index (χ0) is 26.9. The van der Waals surface area contributed by atoms with E-state index < -0.39 is 5.82 Å². The van der Waals surface area contributed by atoms with Crippen LogP contribution in [0.25, 0.3) is 11.3 Å². The van der Waals surface area contributed by atoms with Crippen molar-refractivity contribution >= 4 is 23.2 Å². The Balaban J connectivity index is 1.39. The van der Waals surface area contributed by atoms with Crippen molar-refractivity contribution in [1.82, 2.24) is 14.9 Å². The lowest BCUT2D eigenvalue weighted by Gasteiger charge is -2.37. The number of rotatable bonds is 11. The summed E-state index contributed by atoms with van der Waals surface area (Å²) in [7, 11) is 0. The van der Waals surface area contributed by atoms with Gasteiger partial charge in [0.25, 0.3) is 0 Å². The highest BCUT2D eigenvalue weighted by Gasteiger charge is 2.26. The number of nitrogens with one attached hydrogen (secondary N) is 2. The molecule has 1 aliphatic carbocycles. The molecule has 2 aromatic rings. The van der Waals surface area contributed by atoms with Crippen molar-refractivity contribution in [2.75, 3.05) is 36.9 Å². The molecule has 0 aromatic carbocycles. The summed E-state index contributed by atoms with van der Waals surface area (Å²) in [6.45, 7) is 7.79. The molecule has 2 N–H and O–H groups in total. The molecule has 38 heavy (non-hydrogen) atoms. The van der Waals surface area contributed by atoms with Crippen molar-refractivity contribution in [2.45, 2.75) is 83.4 Å². The van der Waals surface area contributed by atoms with Crippen molar-refractivity contribution in [2.24, 2.45) is 5.92 Å². The zero-order valence-electron chi connectivity index (χ0n) is 22.6. The van der Waals surface area contributed by atoms with Crippen LogP contribution < -0.4 is 10.6 Å². The van der Waals surface area contributed by atoms with E-state index in [9.17, 15) is 9.65 Å². The summed E-state index contributed by atoms with van der Waals surface area (Å²) < 4.78 is 20.3. The van der Waals surface area contributed by atoms with Gasteiger partial charge in [-0.05, 0) is 82.7 Å². The van der Waals surface area contributed by atoms with Gasteiger partial charge in [-0.1, -0.05) is 25.4 Å². The fraction of sp³-hybridized carbons (Fsp3) is 0.621. The highest BCUT2D eigenvalue weighted by molar-refractivity contribution is 6.33. The van der Waals surface area contributed by atoms with Gasteiger partial charge < -0.3 is 20.3 Å². The fourth-order valence-corrected chi connectivity index (χ4v) is 5.83. The third-order valence-electron chi connectivity index (χ3n) is 7.61. The molecule has 0 radical (unpaired) electrons. The topological polar surface area (TPSA) is 86.1 Å². The maximum absolute atomic E-state index is 14.6. The van der Waals surface area contributed by atoms with Gasteiger partial charge in [-0.2, -0.15) is 5.26 Å². The molecular formula is C29H40ClFN6O. The third-order valence-corrected chi connectivity index (χ3v) is 7.91. The minimum absolute atomic E-state index is 0.0251. The second-order valence-electron chi connectivity index (χ2n) is 10.5. The van der Waals surface area contributed by atoms with Crippen LogP contribution in [0.3, 0.4) is 0 Å². The van der Waals surface area contributed by atoms with Gasteiger partial charge in [-0.15, -0.1) is 0 Å². The lowest BCUT2D eigenvalue weighted by atomic mass is 9.90. The number of hydrogen-bond donors (Lipinski definition) is 2. The summed E-state index contributed by atoms with van der Waals surface area (Å²) in [6.07, 6.45) is 9.83. The van der Waals surface area contributed by atoms with E-state index in [0.29, 0.717) is 47.9 Å². The van der Waals surface area contributed by atoms with E-state index >= 15 is 0 Å². The first-order valence-corrected chi connectivity index (χ1v) is 14.5. The van der Waals surface area contributed by atoms with Gasteiger partial charge in [0.05, 0.1) is 28.8 Å². The molecule has 1 saturated carbocycles. The number of hydrogen-bond acceptors (Lipinski definition) is 7. The summed E-state index contributed by atoms with van der Waals surface area (Å²) in [6, 6.07) is 8.27. The number of nitrogens with zero attached hydrogens (tertiary/aromatic N) is 4. The van der Waals surface area contributed by atoms with Gasteiger partial charge in [0.15, 0.2) is 11.6 Å².